The average molecular weight is 243 g/mol. The van der Waals surface area contributed by atoms with Gasteiger partial charge in [-0.05, 0) is 38.5 Å². The van der Waals surface area contributed by atoms with Gasteiger partial charge >= 0.3 is 0 Å². The summed E-state index contributed by atoms with van der Waals surface area (Å²) in [5.41, 5.74) is 2.97. The second-order valence-corrected chi connectivity index (χ2v) is 4.35. The molecule has 18 heavy (non-hydrogen) atoms. The molecule has 2 heterocycles. The molecule has 4 heteroatoms. The molecule has 94 valence electrons. The fraction of sp³-hybridized carbons (Fsp3) is 0.357. The Bertz CT molecular complexity index is 572. The van der Waals surface area contributed by atoms with E-state index in [0.29, 0.717) is 11.3 Å². The molecule has 2 aromatic rings. The van der Waals surface area contributed by atoms with Gasteiger partial charge in [-0.2, -0.15) is 5.10 Å². The van der Waals surface area contributed by atoms with Crippen LogP contribution in [-0.4, -0.2) is 20.5 Å². The van der Waals surface area contributed by atoms with Crippen molar-refractivity contribution in [2.45, 2.75) is 33.7 Å². The Kier molecular flexibility index (Phi) is 3.55. The van der Waals surface area contributed by atoms with E-state index in [2.05, 4.69) is 17.0 Å². The molecular weight excluding hydrogens is 226 g/mol. The van der Waals surface area contributed by atoms with E-state index in [0.717, 1.165) is 24.4 Å². The van der Waals surface area contributed by atoms with Crippen molar-refractivity contribution in [2.24, 2.45) is 0 Å². The van der Waals surface area contributed by atoms with Gasteiger partial charge < -0.3 is 0 Å². The van der Waals surface area contributed by atoms with E-state index in [9.17, 15) is 4.79 Å². The zero-order chi connectivity index (χ0) is 13.1. The van der Waals surface area contributed by atoms with Gasteiger partial charge in [-0.25, -0.2) is 0 Å². The summed E-state index contributed by atoms with van der Waals surface area (Å²) in [4.78, 5) is 16.8. The number of hydrogen-bond donors (Lipinski definition) is 0. The summed E-state index contributed by atoms with van der Waals surface area (Å²) in [6.07, 6.45) is 2.62. The number of hydrogen-bond acceptors (Lipinski definition) is 3. The topological polar surface area (TPSA) is 47.8 Å². The quantitative estimate of drug-likeness (QED) is 0.775. The zero-order valence-electron chi connectivity index (χ0n) is 11.0. The predicted molar refractivity (Wildman–Crippen MR) is 69.7 cm³/mol. The Hall–Kier alpha value is -1.97. The number of rotatable bonds is 4. The highest BCUT2D eigenvalue weighted by Crippen LogP contribution is 2.13. The fourth-order valence-electron chi connectivity index (χ4n) is 1.98. The highest BCUT2D eigenvalue weighted by molar-refractivity contribution is 6.08. The molecule has 0 amide bonds. The number of carbonyl (C=O) groups excluding carboxylic acids is 1. The van der Waals surface area contributed by atoms with Crippen molar-refractivity contribution in [1.82, 2.24) is 14.8 Å². The van der Waals surface area contributed by atoms with Crippen LogP contribution in [0.25, 0.3) is 0 Å². The minimum absolute atomic E-state index is 0.00838. The molecule has 0 aliphatic carbocycles. The Balaban J connectivity index is 2.38. The van der Waals surface area contributed by atoms with Gasteiger partial charge in [0.25, 0.3) is 0 Å². The predicted octanol–water partition coefficient (Wildman–Crippen LogP) is 2.54. The largest absolute Gasteiger partial charge is 0.287 e. The van der Waals surface area contributed by atoms with Crippen molar-refractivity contribution in [1.29, 1.82) is 0 Å². The third-order valence-corrected chi connectivity index (χ3v) is 2.85. The van der Waals surface area contributed by atoms with E-state index in [1.165, 1.54) is 0 Å². The highest BCUT2D eigenvalue weighted by atomic mass is 16.1. The number of nitrogens with zero attached hydrogens (tertiary/aromatic N) is 3. The molecular formula is C14H17N3O. The normalized spacial score (nSPS) is 10.6. The second-order valence-electron chi connectivity index (χ2n) is 4.35. The Morgan fingerprint density at radius 2 is 2.06 bits per heavy atom. The molecule has 0 aromatic carbocycles. The van der Waals surface area contributed by atoms with Gasteiger partial charge in [0, 0.05) is 29.7 Å². The van der Waals surface area contributed by atoms with Crippen LogP contribution in [0, 0.1) is 13.8 Å². The molecule has 0 spiro atoms. The molecule has 0 bridgehead atoms. The van der Waals surface area contributed by atoms with Crippen LogP contribution in [0.3, 0.4) is 0 Å². The molecule has 2 aromatic heterocycles. The molecule has 0 saturated heterocycles. The van der Waals surface area contributed by atoms with Crippen molar-refractivity contribution < 1.29 is 4.79 Å². The van der Waals surface area contributed by atoms with Crippen LogP contribution in [0.2, 0.25) is 0 Å². The number of aromatic nitrogens is 3. The van der Waals surface area contributed by atoms with Crippen molar-refractivity contribution in [3.05, 3.63) is 47.0 Å². The molecule has 0 aliphatic rings. The van der Waals surface area contributed by atoms with Crippen LogP contribution in [0.4, 0.5) is 0 Å². The molecule has 0 unspecified atom stereocenters. The third-order valence-electron chi connectivity index (χ3n) is 2.85. The monoisotopic (exact) mass is 243 g/mol. The van der Waals surface area contributed by atoms with Crippen LogP contribution in [0.5, 0.6) is 0 Å². The Morgan fingerprint density at radius 3 is 2.72 bits per heavy atom. The first kappa shape index (κ1) is 12.5. The summed E-state index contributed by atoms with van der Waals surface area (Å²) in [5.74, 6) is -0.00838. The zero-order valence-corrected chi connectivity index (χ0v) is 11.0. The van der Waals surface area contributed by atoms with Gasteiger partial charge in [0.05, 0.1) is 0 Å². The lowest BCUT2D eigenvalue weighted by molar-refractivity contribution is 0.102. The summed E-state index contributed by atoms with van der Waals surface area (Å²) in [6.45, 7) is 6.60. The standard InChI is InChI=1S/C14H17N3O/c1-4-9-17-13(7-8-15-17)14(18)12-6-5-10(2)16-11(12)3/h5-8H,4,9H2,1-3H3. The minimum Gasteiger partial charge on any atom is -0.287 e. The third kappa shape index (κ3) is 2.32. The fourth-order valence-corrected chi connectivity index (χ4v) is 1.98. The van der Waals surface area contributed by atoms with Crippen LogP contribution in [0.15, 0.2) is 24.4 Å². The van der Waals surface area contributed by atoms with E-state index in [1.54, 1.807) is 16.9 Å². The lowest BCUT2D eigenvalue weighted by Crippen LogP contribution is -2.13. The van der Waals surface area contributed by atoms with Crippen molar-refractivity contribution in [3.8, 4) is 0 Å². The van der Waals surface area contributed by atoms with Gasteiger partial charge in [0.2, 0.25) is 5.78 Å². The first-order valence-electron chi connectivity index (χ1n) is 6.14. The maximum Gasteiger partial charge on any atom is 0.212 e. The van der Waals surface area contributed by atoms with Crippen molar-refractivity contribution >= 4 is 5.78 Å². The summed E-state index contributed by atoms with van der Waals surface area (Å²) in [5, 5.41) is 4.18. The lowest BCUT2D eigenvalue weighted by Gasteiger charge is -2.07. The van der Waals surface area contributed by atoms with Gasteiger partial charge in [-0.3, -0.25) is 14.5 Å². The van der Waals surface area contributed by atoms with Gasteiger partial charge in [-0.15, -0.1) is 0 Å². The van der Waals surface area contributed by atoms with E-state index >= 15 is 0 Å². The summed E-state index contributed by atoms with van der Waals surface area (Å²) < 4.78 is 1.75. The molecule has 0 saturated carbocycles. The van der Waals surface area contributed by atoms with Crippen LogP contribution >= 0.6 is 0 Å². The molecule has 0 fully saturated rings. The smallest absolute Gasteiger partial charge is 0.212 e. The number of carbonyl (C=O) groups is 1. The van der Waals surface area contributed by atoms with E-state index in [4.69, 9.17) is 0 Å². The molecule has 0 aliphatic heterocycles. The highest BCUT2D eigenvalue weighted by Gasteiger charge is 2.16. The first-order valence-corrected chi connectivity index (χ1v) is 6.14. The lowest BCUT2D eigenvalue weighted by atomic mass is 10.1. The second kappa shape index (κ2) is 5.12. The maximum absolute atomic E-state index is 12.4. The molecule has 4 nitrogen and oxygen atoms in total. The van der Waals surface area contributed by atoms with Crippen LogP contribution in [0.1, 0.15) is 40.8 Å². The molecule has 0 radical (unpaired) electrons. The molecule has 0 N–H and O–H groups in total. The van der Waals surface area contributed by atoms with Crippen LogP contribution in [-0.2, 0) is 6.54 Å². The van der Waals surface area contributed by atoms with Crippen molar-refractivity contribution in [3.63, 3.8) is 0 Å². The minimum atomic E-state index is -0.00838. The Labute approximate surface area is 107 Å². The summed E-state index contributed by atoms with van der Waals surface area (Å²) in [6, 6.07) is 5.46. The first-order chi connectivity index (χ1) is 8.63. The Morgan fingerprint density at radius 1 is 1.28 bits per heavy atom. The summed E-state index contributed by atoms with van der Waals surface area (Å²) >= 11 is 0. The van der Waals surface area contributed by atoms with E-state index in [1.807, 2.05) is 26.0 Å². The van der Waals surface area contributed by atoms with E-state index < -0.39 is 0 Å². The van der Waals surface area contributed by atoms with Gasteiger partial charge in [0.1, 0.15) is 5.69 Å². The summed E-state index contributed by atoms with van der Waals surface area (Å²) in [7, 11) is 0. The van der Waals surface area contributed by atoms with Gasteiger partial charge in [-0.1, -0.05) is 6.92 Å². The van der Waals surface area contributed by atoms with Crippen molar-refractivity contribution in [2.75, 3.05) is 0 Å². The number of pyridine rings is 1. The molecule has 0 atom stereocenters. The SMILES string of the molecule is CCCn1nccc1C(=O)c1ccc(C)nc1C. The van der Waals surface area contributed by atoms with Crippen LogP contribution < -0.4 is 0 Å². The van der Waals surface area contributed by atoms with E-state index in [-0.39, 0.29) is 5.78 Å². The number of ketones is 1. The maximum atomic E-state index is 12.4. The number of aryl methyl sites for hydroxylation is 3. The molecule has 2 rings (SSSR count). The van der Waals surface area contributed by atoms with Gasteiger partial charge in [0.15, 0.2) is 0 Å². The average Bonchev–Trinajstić information content (AvgIpc) is 2.77.